The van der Waals surface area contributed by atoms with Gasteiger partial charge in [-0.25, -0.2) is 13.8 Å². The number of hydrogen-bond acceptors (Lipinski definition) is 4. The van der Waals surface area contributed by atoms with Gasteiger partial charge >= 0.3 is 0 Å². The predicted octanol–water partition coefficient (Wildman–Crippen LogP) is 4.34. The first-order chi connectivity index (χ1) is 14.4. The monoisotopic (exact) mass is 461 g/mol. The molecule has 0 bridgehead atoms. The molecule has 0 spiro atoms. The second kappa shape index (κ2) is 9.75. The molecule has 0 aromatic heterocycles. The highest BCUT2D eigenvalue weighted by atomic mass is 35.5. The van der Waals surface area contributed by atoms with Crippen molar-refractivity contribution in [1.82, 2.24) is 5.43 Å². The lowest BCUT2D eigenvalue weighted by Gasteiger charge is -2.23. The van der Waals surface area contributed by atoms with Gasteiger partial charge in [-0.15, -0.1) is 0 Å². The van der Waals surface area contributed by atoms with E-state index >= 15 is 0 Å². The minimum absolute atomic E-state index is 0.0557. The van der Waals surface area contributed by atoms with Crippen LogP contribution in [0.15, 0.2) is 88.9 Å². The Labute approximate surface area is 184 Å². The van der Waals surface area contributed by atoms with E-state index in [2.05, 4.69) is 10.5 Å². The maximum absolute atomic E-state index is 13.2. The minimum atomic E-state index is -4.00. The molecule has 0 radical (unpaired) electrons. The quantitative estimate of drug-likeness (QED) is 0.419. The normalized spacial score (nSPS) is 11.4. The van der Waals surface area contributed by atoms with Crippen LogP contribution >= 0.6 is 23.2 Å². The fraction of sp³-hybridized carbons (Fsp3) is 0.0476. The third-order valence-electron chi connectivity index (χ3n) is 3.97. The molecule has 6 nitrogen and oxygen atoms in total. The molecule has 0 heterocycles. The zero-order valence-electron chi connectivity index (χ0n) is 15.6. The Morgan fingerprint density at radius 3 is 2.27 bits per heavy atom. The Morgan fingerprint density at radius 2 is 1.60 bits per heavy atom. The molecule has 0 unspecified atom stereocenters. The number of nitrogens with one attached hydrogen (secondary N) is 1. The lowest BCUT2D eigenvalue weighted by atomic mass is 10.2. The Kier molecular flexibility index (Phi) is 7.10. The van der Waals surface area contributed by atoms with E-state index < -0.39 is 22.5 Å². The SMILES string of the molecule is O=C(CN(c1cccc(Cl)c1)S(=O)(=O)c1ccccc1)NN=Cc1cccc(Cl)c1. The van der Waals surface area contributed by atoms with Crippen molar-refractivity contribution >= 4 is 51.0 Å². The van der Waals surface area contributed by atoms with Gasteiger partial charge in [-0.3, -0.25) is 9.10 Å². The average molecular weight is 462 g/mol. The van der Waals surface area contributed by atoms with Crippen LogP contribution in [0.25, 0.3) is 0 Å². The van der Waals surface area contributed by atoms with Crippen LogP contribution in [-0.4, -0.2) is 27.1 Å². The van der Waals surface area contributed by atoms with Crippen LogP contribution in [0, 0.1) is 0 Å². The lowest BCUT2D eigenvalue weighted by Crippen LogP contribution is -2.39. The summed E-state index contributed by atoms with van der Waals surface area (Å²) in [6, 6.07) is 21.0. The molecule has 154 valence electrons. The minimum Gasteiger partial charge on any atom is -0.271 e. The van der Waals surface area contributed by atoms with Crippen LogP contribution in [-0.2, 0) is 14.8 Å². The number of rotatable bonds is 7. The van der Waals surface area contributed by atoms with Crippen molar-refractivity contribution in [2.75, 3.05) is 10.8 Å². The first kappa shape index (κ1) is 21.8. The van der Waals surface area contributed by atoms with Gasteiger partial charge in [-0.05, 0) is 48.0 Å². The highest BCUT2D eigenvalue weighted by molar-refractivity contribution is 7.92. The van der Waals surface area contributed by atoms with Gasteiger partial charge in [0, 0.05) is 10.0 Å². The zero-order valence-corrected chi connectivity index (χ0v) is 17.9. The number of benzene rings is 3. The number of sulfonamides is 1. The van der Waals surface area contributed by atoms with Crippen LogP contribution in [0.5, 0.6) is 0 Å². The molecule has 3 rings (SSSR count). The van der Waals surface area contributed by atoms with Crippen LogP contribution in [0.3, 0.4) is 0 Å². The number of hydrogen-bond donors (Lipinski definition) is 1. The summed E-state index contributed by atoms with van der Waals surface area (Å²) in [6.07, 6.45) is 1.42. The third-order valence-corrected chi connectivity index (χ3v) is 6.22. The van der Waals surface area contributed by atoms with Gasteiger partial charge in [-0.2, -0.15) is 5.10 Å². The van der Waals surface area contributed by atoms with Crippen LogP contribution in [0.4, 0.5) is 5.69 Å². The Bertz CT molecular complexity index is 1170. The molecule has 9 heteroatoms. The number of hydrazone groups is 1. The molecule has 1 N–H and O–H groups in total. The summed E-state index contributed by atoms with van der Waals surface area (Å²) in [5.41, 5.74) is 3.29. The maximum Gasteiger partial charge on any atom is 0.264 e. The lowest BCUT2D eigenvalue weighted by molar-refractivity contribution is -0.119. The van der Waals surface area contributed by atoms with Crippen LogP contribution < -0.4 is 9.73 Å². The number of anilines is 1. The predicted molar refractivity (Wildman–Crippen MR) is 120 cm³/mol. The van der Waals surface area contributed by atoms with E-state index in [4.69, 9.17) is 23.2 Å². The molecular weight excluding hydrogens is 445 g/mol. The summed E-state index contributed by atoms with van der Waals surface area (Å²) in [5, 5.41) is 4.75. The number of carbonyl (C=O) groups is 1. The zero-order chi connectivity index (χ0) is 21.6. The molecule has 0 aliphatic heterocycles. The van der Waals surface area contributed by atoms with E-state index in [1.54, 1.807) is 60.7 Å². The molecule has 3 aromatic rings. The smallest absolute Gasteiger partial charge is 0.264 e. The van der Waals surface area contributed by atoms with Crippen molar-refractivity contribution in [2.24, 2.45) is 5.10 Å². The van der Waals surface area contributed by atoms with Gasteiger partial charge in [0.2, 0.25) is 0 Å². The van der Waals surface area contributed by atoms with Gasteiger partial charge < -0.3 is 0 Å². The summed E-state index contributed by atoms with van der Waals surface area (Å²) in [6.45, 7) is -0.482. The average Bonchev–Trinajstić information content (AvgIpc) is 2.72. The molecule has 0 aliphatic rings. The molecular formula is C21H17Cl2N3O3S. The second-order valence-corrected chi connectivity index (χ2v) is 8.89. The van der Waals surface area contributed by atoms with Gasteiger partial charge in [0.25, 0.3) is 15.9 Å². The molecule has 30 heavy (non-hydrogen) atoms. The van der Waals surface area contributed by atoms with E-state index in [0.29, 0.717) is 15.6 Å². The summed E-state index contributed by atoms with van der Waals surface area (Å²) < 4.78 is 27.3. The molecule has 1 amide bonds. The van der Waals surface area contributed by atoms with E-state index in [-0.39, 0.29) is 10.6 Å². The second-order valence-electron chi connectivity index (χ2n) is 6.15. The summed E-state index contributed by atoms with van der Waals surface area (Å²) in [7, 11) is -4.00. The van der Waals surface area contributed by atoms with E-state index in [1.807, 2.05) is 0 Å². The topological polar surface area (TPSA) is 78.8 Å². The highest BCUT2D eigenvalue weighted by Gasteiger charge is 2.27. The Balaban J connectivity index is 1.83. The van der Waals surface area contributed by atoms with Crippen LogP contribution in [0.2, 0.25) is 10.0 Å². The molecule has 0 saturated heterocycles. The number of carbonyl (C=O) groups excluding carboxylic acids is 1. The summed E-state index contributed by atoms with van der Waals surface area (Å²) in [5.74, 6) is -0.618. The first-order valence-corrected chi connectivity index (χ1v) is 11.0. The molecule has 3 aromatic carbocycles. The van der Waals surface area contributed by atoms with Crippen molar-refractivity contribution in [2.45, 2.75) is 4.90 Å². The van der Waals surface area contributed by atoms with Gasteiger partial charge in [0.1, 0.15) is 6.54 Å². The largest absolute Gasteiger partial charge is 0.271 e. The Morgan fingerprint density at radius 1 is 0.933 bits per heavy atom. The highest BCUT2D eigenvalue weighted by Crippen LogP contribution is 2.25. The van der Waals surface area contributed by atoms with Crippen molar-refractivity contribution in [3.05, 3.63) is 94.5 Å². The van der Waals surface area contributed by atoms with Gasteiger partial charge in [-0.1, -0.05) is 59.6 Å². The number of nitrogens with zero attached hydrogens (tertiary/aromatic N) is 2. The molecule has 0 fully saturated rings. The summed E-state index contributed by atoms with van der Waals surface area (Å²) >= 11 is 11.9. The molecule has 0 saturated carbocycles. The number of amides is 1. The maximum atomic E-state index is 13.2. The standard InChI is InChI=1S/C21H17Cl2N3O3S/c22-17-7-4-6-16(12-17)14-24-25-21(27)15-26(19-9-5-8-18(23)13-19)30(28,29)20-10-2-1-3-11-20/h1-14H,15H2,(H,25,27). The Hall–Kier alpha value is -2.87. The van der Waals surface area contributed by atoms with Gasteiger partial charge in [0.15, 0.2) is 0 Å². The molecule has 0 atom stereocenters. The van der Waals surface area contributed by atoms with Gasteiger partial charge in [0.05, 0.1) is 16.8 Å². The number of halogens is 2. The van der Waals surface area contributed by atoms with Crippen molar-refractivity contribution in [3.8, 4) is 0 Å². The van der Waals surface area contributed by atoms with Crippen molar-refractivity contribution in [1.29, 1.82) is 0 Å². The first-order valence-electron chi connectivity index (χ1n) is 8.77. The fourth-order valence-electron chi connectivity index (χ4n) is 2.60. The fourth-order valence-corrected chi connectivity index (χ4v) is 4.41. The van der Waals surface area contributed by atoms with Crippen molar-refractivity contribution in [3.63, 3.8) is 0 Å². The van der Waals surface area contributed by atoms with Crippen molar-refractivity contribution < 1.29 is 13.2 Å². The van der Waals surface area contributed by atoms with E-state index in [1.165, 1.54) is 24.4 Å². The summed E-state index contributed by atoms with van der Waals surface area (Å²) in [4.78, 5) is 12.5. The third kappa shape index (κ3) is 5.60. The van der Waals surface area contributed by atoms with E-state index in [0.717, 1.165) is 4.31 Å². The van der Waals surface area contributed by atoms with E-state index in [9.17, 15) is 13.2 Å². The molecule has 0 aliphatic carbocycles. The van der Waals surface area contributed by atoms with Crippen LogP contribution in [0.1, 0.15) is 5.56 Å².